The molecule has 0 aromatic heterocycles. The Kier molecular flexibility index (Phi) is 6.95. The molecule has 0 aliphatic carbocycles. The molecule has 0 aliphatic heterocycles. The summed E-state index contributed by atoms with van der Waals surface area (Å²) in [4.78, 5) is 24.3. The fraction of sp³-hybridized carbons (Fsp3) is 0.500. The number of aliphatic carboxylic acids is 1. The monoisotopic (exact) mass is 313 g/mol. The maximum atomic E-state index is 13.1. The maximum Gasteiger partial charge on any atom is 0.323 e. The fourth-order valence-corrected chi connectivity index (χ4v) is 2.14. The molecule has 1 atom stereocenters. The van der Waals surface area contributed by atoms with Crippen LogP contribution in [0.3, 0.4) is 0 Å². The highest BCUT2D eigenvalue weighted by Crippen LogP contribution is 2.13. The number of benzene rings is 1. The number of amides is 1. The molecule has 0 saturated heterocycles. The van der Waals surface area contributed by atoms with Crippen LogP contribution in [0.2, 0.25) is 0 Å². The van der Waals surface area contributed by atoms with Crippen LogP contribution in [0, 0.1) is 11.6 Å². The van der Waals surface area contributed by atoms with Gasteiger partial charge in [0.15, 0.2) is 11.6 Å². The summed E-state index contributed by atoms with van der Waals surface area (Å²) in [7, 11) is 0. The van der Waals surface area contributed by atoms with E-state index in [0.717, 1.165) is 12.1 Å². The average Bonchev–Trinajstić information content (AvgIpc) is 2.47. The number of rotatable bonds is 8. The predicted octanol–water partition coefficient (Wildman–Crippen LogP) is 3.00. The number of halogens is 2. The van der Waals surface area contributed by atoms with Crippen molar-refractivity contribution < 1.29 is 23.5 Å². The van der Waals surface area contributed by atoms with Crippen LogP contribution in [0.4, 0.5) is 8.78 Å². The smallest absolute Gasteiger partial charge is 0.323 e. The Labute approximate surface area is 128 Å². The van der Waals surface area contributed by atoms with Gasteiger partial charge in [-0.25, -0.2) is 8.78 Å². The fourth-order valence-electron chi connectivity index (χ4n) is 2.14. The van der Waals surface area contributed by atoms with Gasteiger partial charge in [-0.1, -0.05) is 13.0 Å². The van der Waals surface area contributed by atoms with Gasteiger partial charge in [0.1, 0.15) is 6.54 Å². The molecule has 0 radical (unpaired) electrons. The third kappa shape index (κ3) is 5.42. The Balaban J connectivity index is 2.55. The lowest BCUT2D eigenvalue weighted by Crippen LogP contribution is -2.41. The first-order valence-electron chi connectivity index (χ1n) is 7.30. The van der Waals surface area contributed by atoms with E-state index in [1.54, 1.807) is 6.92 Å². The van der Waals surface area contributed by atoms with Gasteiger partial charge >= 0.3 is 5.97 Å². The van der Waals surface area contributed by atoms with Crippen LogP contribution in [-0.4, -0.2) is 34.5 Å². The first-order valence-corrected chi connectivity index (χ1v) is 7.30. The summed E-state index contributed by atoms with van der Waals surface area (Å²) in [6.45, 7) is 3.36. The van der Waals surface area contributed by atoms with Crippen molar-refractivity contribution in [1.29, 1.82) is 0 Å². The molecule has 6 heteroatoms. The van der Waals surface area contributed by atoms with Crippen LogP contribution in [0.5, 0.6) is 0 Å². The maximum absolute atomic E-state index is 13.1. The summed E-state index contributed by atoms with van der Waals surface area (Å²) in [5.74, 6) is -3.09. The van der Waals surface area contributed by atoms with Crippen molar-refractivity contribution >= 4 is 11.9 Å². The zero-order chi connectivity index (χ0) is 16.7. The van der Waals surface area contributed by atoms with E-state index in [0.29, 0.717) is 24.8 Å². The van der Waals surface area contributed by atoms with Crippen molar-refractivity contribution in [1.82, 2.24) is 4.90 Å². The normalized spacial score (nSPS) is 12.0. The molecule has 1 rings (SSSR count). The zero-order valence-electron chi connectivity index (χ0n) is 12.8. The third-order valence-electron chi connectivity index (χ3n) is 3.59. The molecular weight excluding hydrogens is 292 g/mol. The molecule has 1 aromatic rings. The van der Waals surface area contributed by atoms with E-state index >= 15 is 0 Å². The van der Waals surface area contributed by atoms with Gasteiger partial charge in [-0.2, -0.15) is 0 Å². The molecule has 1 amide bonds. The number of carboxylic acid groups (broad SMARTS) is 1. The van der Waals surface area contributed by atoms with Crippen LogP contribution in [-0.2, 0) is 16.0 Å². The Hall–Kier alpha value is -1.98. The Morgan fingerprint density at radius 3 is 2.50 bits per heavy atom. The second-order valence-electron chi connectivity index (χ2n) is 5.27. The van der Waals surface area contributed by atoms with Gasteiger partial charge in [-0.05, 0) is 43.9 Å². The summed E-state index contributed by atoms with van der Waals surface area (Å²) in [6.07, 6.45) is 1.74. The van der Waals surface area contributed by atoms with Gasteiger partial charge < -0.3 is 10.0 Å². The number of hydrogen-bond acceptors (Lipinski definition) is 2. The zero-order valence-corrected chi connectivity index (χ0v) is 12.8. The van der Waals surface area contributed by atoms with Gasteiger partial charge in [0, 0.05) is 12.5 Å². The molecule has 0 spiro atoms. The number of carboxylic acids is 1. The van der Waals surface area contributed by atoms with Crippen LogP contribution < -0.4 is 0 Å². The molecule has 0 fully saturated rings. The highest BCUT2D eigenvalue weighted by Gasteiger charge is 2.20. The SMILES string of the molecule is CCC(C)N(CC(=O)O)C(=O)CCCc1ccc(F)c(F)c1. The average molecular weight is 313 g/mol. The van der Waals surface area contributed by atoms with Crippen molar-refractivity contribution in [3.05, 3.63) is 35.4 Å². The van der Waals surface area contributed by atoms with Crippen molar-refractivity contribution in [3.8, 4) is 0 Å². The summed E-state index contributed by atoms with van der Waals surface area (Å²) in [5, 5.41) is 8.87. The predicted molar refractivity (Wildman–Crippen MR) is 78.4 cm³/mol. The van der Waals surface area contributed by atoms with Crippen LogP contribution in [0.15, 0.2) is 18.2 Å². The molecule has 1 unspecified atom stereocenters. The number of hydrogen-bond donors (Lipinski definition) is 1. The third-order valence-corrected chi connectivity index (χ3v) is 3.59. The molecule has 1 N–H and O–H groups in total. The minimum absolute atomic E-state index is 0.146. The molecule has 0 aliphatic rings. The Bertz CT molecular complexity index is 534. The van der Waals surface area contributed by atoms with Gasteiger partial charge in [-0.3, -0.25) is 9.59 Å². The van der Waals surface area contributed by atoms with E-state index in [1.165, 1.54) is 11.0 Å². The molecule has 0 saturated carbocycles. The van der Waals surface area contributed by atoms with E-state index in [2.05, 4.69) is 0 Å². The van der Waals surface area contributed by atoms with Crippen LogP contribution >= 0.6 is 0 Å². The van der Waals surface area contributed by atoms with Crippen molar-refractivity contribution in [2.45, 2.75) is 45.6 Å². The van der Waals surface area contributed by atoms with E-state index in [4.69, 9.17) is 5.11 Å². The second kappa shape index (κ2) is 8.46. The molecule has 122 valence electrons. The van der Waals surface area contributed by atoms with Gasteiger partial charge in [0.25, 0.3) is 0 Å². The molecule has 0 bridgehead atoms. The van der Waals surface area contributed by atoms with Gasteiger partial charge in [0.2, 0.25) is 5.91 Å². The lowest BCUT2D eigenvalue weighted by molar-refractivity contribution is -0.146. The number of carbonyl (C=O) groups is 2. The highest BCUT2D eigenvalue weighted by atomic mass is 19.2. The van der Waals surface area contributed by atoms with Crippen molar-refractivity contribution in [3.63, 3.8) is 0 Å². The molecule has 22 heavy (non-hydrogen) atoms. The number of nitrogens with zero attached hydrogens (tertiary/aromatic N) is 1. The standard InChI is InChI=1S/C16H21F2NO3/c1-3-11(2)19(10-16(21)22)15(20)6-4-5-12-7-8-13(17)14(18)9-12/h7-9,11H,3-6,10H2,1-2H3,(H,21,22). The highest BCUT2D eigenvalue weighted by molar-refractivity contribution is 5.81. The van der Waals surface area contributed by atoms with E-state index in [9.17, 15) is 18.4 Å². The summed E-state index contributed by atoms with van der Waals surface area (Å²) in [6, 6.07) is 3.50. The molecular formula is C16H21F2NO3. The summed E-state index contributed by atoms with van der Waals surface area (Å²) < 4.78 is 25.9. The van der Waals surface area contributed by atoms with Crippen LogP contribution in [0.25, 0.3) is 0 Å². The molecule has 1 aromatic carbocycles. The summed E-state index contributed by atoms with van der Waals surface area (Å²) >= 11 is 0. The minimum Gasteiger partial charge on any atom is -0.480 e. The first-order chi connectivity index (χ1) is 10.3. The van der Waals surface area contributed by atoms with E-state index in [-0.39, 0.29) is 24.9 Å². The lowest BCUT2D eigenvalue weighted by Gasteiger charge is -2.27. The van der Waals surface area contributed by atoms with E-state index < -0.39 is 17.6 Å². The minimum atomic E-state index is -1.05. The van der Waals surface area contributed by atoms with Crippen molar-refractivity contribution in [2.75, 3.05) is 6.54 Å². The number of carbonyl (C=O) groups excluding carboxylic acids is 1. The van der Waals surface area contributed by atoms with Gasteiger partial charge in [-0.15, -0.1) is 0 Å². The topological polar surface area (TPSA) is 57.6 Å². The lowest BCUT2D eigenvalue weighted by atomic mass is 10.1. The summed E-state index contributed by atoms with van der Waals surface area (Å²) in [5.41, 5.74) is 0.611. The van der Waals surface area contributed by atoms with Gasteiger partial charge in [0.05, 0.1) is 0 Å². The Morgan fingerprint density at radius 1 is 1.27 bits per heavy atom. The quantitative estimate of drug-likeness (QED) is 0.802. The largest absolute Gasteiger partial charge is 0.480 e. The van der Waals surface area contributed by atoms with E-state index in [1.807, 2.05) is 6.92 Å². The second-order valence-corrected chi connectivity index (χ2v) is 5.27. The van der Waals surface area contributed by atoms with Crippen molar-refractivity contribution in [2.24, 2.45) is 0 Å². The number of aryl methyl sites for hydroxylation is 1. The first kappa shape index (κ1) is 18.1. The molecule has 4 nitrogen and oxygen atoms in total. The molecule has 0 heterocycles. The Morgan fingerprint density at radius 2 is 1.95 bits per heavy atom. The van der Waals surface area contributed by atoms with Crippen LogP contribution in [0.1, 0.15) is 38.7 Å².